The second kappa shape index (κ2) is 4.14. The molecule has 70 valence electrons. The molecular weight excluding hydrogens is 172 g/mol. The number of hydrogen-bond donors (Lipinski definition) is 1. The monoisotopic (exact) mass is 183 g/mol. The van der Waals surface area contributed by atoms with E-state index in [9.17, 15) is 8.78 Å². The van der Waals surface area contributed by atoms with E-state index in [2.05, 4.69) is 6.58 Å². The van der Waals surface area contributed by atoms with Gasteiger partial charge in [-0.25, -0.2) is 8.78 Å². The molecule has 0 aromatic heterocycles. The van der Waals surface area contributed by atoms with E-state index >= 15 is 0 Å². The van der Waals surface area contributed by atoms with Crippen LogP contribution in [0.3, 0.4) is 0 Å². The van der Waals surface area contributed by atoms with Crippen molar-refractivity contribution in [2.45, 2.75) is 6.42 Å². The Morgan fingerprint density at radius 1 is 1.38 bits per heavy atom. The van der Waals surface area contributed by atoms with Crippen molar-refractivity contribution in [3.8, 4) is 0 Å². The van der Waals surface area contributed by atoms with Crippen LogP contribution in [0.15, 0.2) is 24.8 Å². The van der Waals surface area contributed by atoms with Gasteiger partial charge in [0.2, 0.25) is 0 Å². The molecule has 0 spiro atoms. The van der Waals surface area contributed by atoms with Crippen molar-refractivity contribution in [2.24, 2.45) is 5.73 Å². The quantitative estimate of drug-likeness (QED) is 0.764. The molecule has 0 fully saturated rings. The maximum atomic E-state index is 13.1. The van der Waals surface area contributed by atoms with Gasteiger partial charge < -0.3 is 5.73 Å². The summed E-state index contributed by atoms with van der Waals surface area (Å²) in [5.41, 5.74) is 6.23. The number of benzene rings is 1. The third kappa shape index (κ3) is 2.36. The number of rotatable bonds is 3. The minimum Gasteiger partial charge on any atom is -0.330 e. The molecule has 0 bridgehead atoms. The second-order valence-electron chi connectivity index (χ2n) is 2.77. The largest absolute Gasteiger partial charge is 0.330 e. The van der Waals surface area contributed by atoms with Crippen LogP contribution in [0.25, 0.3) is 5.57 Å². The van der Waals surface area contributed by atoms with Crippen molar-refractivity contribution in [3.05, 3.63) is 42.0 Å². The van der Waals surface area contributed by atoms with Crippen LogP contribution in [-0.4, -0.2) is 6.54 Å². The second-order valence-corrected chi connectivity index (χ2v) is 2.77. The Bertz CT molecular complexity index is 321. The van der Waals surface area contributed by atoms with Gasteiger partial charge in [-0.2, -0.15) is 0 Å². The summed E-state index contributed by atoms with van der Waals surface area (Å²) in [5.74, 6) is -1.17. The molecule has 1 nitrogen and oxygen atoms in total. The molecule has 1 aromatic carbocycles. The predicted molar refractivity (Wildman–Crippen MR) is 49.1 cm³/mol. The third-order valence-corrected chi connectivity index (χ3v) is 1.76. The van der Waals surface area contributed by atoms with E-state index < -0.39 is 11.6 Å². The lowest BCUT2D eigenvalue weighted by Gasteiger charge is -2.05. The highest BCUT2D eigenvalue weighted by molar-refractivity contribution is 5.63. The van der Waals surface area contributed by atoms with Gasteiger partial charge in [-0.15, -0.1) is 0 Å². The minimum atomic E-state index is -0.585. The normalized spacial score (nSPS) is 10.1. The molecular formula is C10H11F2N. The summed E-state index contributed by atoms with van der Waals surface area (Å²) < 4.78 is 25.6. The van der Waals surface area contributed by atoms with Crippen molar-refractivity contribution >= 4 is 5.57 Å². The summed E-state index contributed by atoms with van der Waals surface area (Å²) in [6, 6.07) is 3.43. The fraction of sp³-hybridized carbons (Fsp3) is 0.200. The molecule has 1 rings (SSSR count). The predicted octanol–water partition coefficient (Wildman–Crippen LogP) is 2.33. The van der Waals surface area contributed by atoms with Crippen molar-refractivity contribution in [3.63, 3.8) is 0 Å². The molecule has 3 heteroatoms. The molecule has 0 radical (unpaired) electrons. The lowest BCUT2D eigenvalue weighted by atomic mass is 10.0. The lowest BCUT2D eigenvalue weighted by Crippen LogP contribution is -2.00. The van der Waals surface area contributed by atoms with Crippen LogP contribution in [0.1, 0.15) is 12.0 Å². The van der Waals surface area contributed by atoms with Gasteiger partial charge in [0.1, 0.15) is 11.6 Å². The number of halogens is 2. The Morgan fingerprint density at radius 2 is 2.08 bits per heavy atom. The highest BCUT2D eigenvalue weighted by Crippen LogP contribution is 2.19. The zero-order valence-corrected chi connectivity index (χ0v) is 7.19. The van der Waals surface area contributed by atoms with Gasteiger partial charge in [0.25, 0.3) is 0 Å². The van der Waals surface area contributed by atoms with Gasteiger partial charge in [-0.3, -0.25) is 0 Å². The van der Waals surface area contributed by atoms with Crippen molar-refractivity contribution in [1.82, 2.24) is 0 Å². The van der Waals surface area contributed by atoms with E-state index in [-0.39, 0.29) is 0 Å². The van der Waals surface area contributed by atoms with Crippen LogP contribution in [0.2, 0.25) is 0 Å². The van der Waals surface area contributed by atoms with E-state index in [4.69, 9.17) is 5.73 Å². The van der Waals surface area contributed by atoms with Gasteiger partial charge in [0, 0.05) is 11.6 Å². The average Bonchev–Trinajstić information content (AvgIpc) is 2.04. The molecule has 0 aliphatic heterocycles. The Hall–Kier alpha value is -1.22. The Kier molecular flexibility index (Phi) is 3.14. The van der Waals surface area contributed by atoms with Crippen LogP contribution >= 0.6 is 0 Å². The Labute approximate surface area is 75.9 Å². The summed E-state index contributed by atoms with van der Waals surface area (Å²) in [5, 5.41) is 0. The maximum Gasteiger partial charge on any atom is 0.133 e. The minimum absolute atomic E-state index is 0.340. The molecule has 0 aliphatic carbocycles. The first-order valence-corrected chi connectivity index (χ1v) is 3.98. The molecule has 2 N–H and O–H groups in total. The van der Waals surface area contributed by atoms with Crippen LogP contribution in [0, 0.1) is 11.6 Å². The molecule has 0 unspecified atom stereocenters. The van der Waals surface area contributed by atoms with Gasteiger partial charge in [0.15, 0.2) is 0 Å². The zero-order chi connectivity index (χ0) is 9.84. The van der Waals surface area contributed by atoms with E-state index in [1.165, 1.54) is 12.1 Å². The van der Waals surface area contributed by atoms with Gasteiger partial charge in [-0.05, 0) is 30.7 Å². The van der Waals surface area contributed by atoms with Gasteiger partial charge >= 0.3 is 0 Å². The van der Waals surface area contributed by atoms with Crippen LogP contribution in [-0.2, 0) is 0 Å². The van der Waals surface area contributed by atoms with Crippen LogP contribution in [0.5, 0.6) is 0 Å². The summed E-state index contributed by atoms with van der Waals surface area (Å²) >= 11 is 0. The summed E-state index contributed by atoms with van der Waals surface area (Å²) in [7, 11) is 0. The first-order valence-electron chi connectivity index (χ1n) is 3.98. The highest BCUT2D eigenvalue weighted by Gasteiger charge is 2.05. The zero-order valence-electron chi connectivity index (χ0n) is 7.19. The maximum absolute atomic E-state index is 13.1. The fourth-order valence-corrected chi connectivity index (χ4v) is 1.09. The third-order valence-electron chi connectivity index (χ3n) is 1.76. The van der Waals surface area contributed by atoms with Crippen LogP contribution < -0.4 is 5.73 Å². The topological polar surface area (TPSA) is 26.0 Å². The fourth-order valence-electron chi connectivity index (χ4n) is 1.09. The van der Waals surface area contributed by atoms with E-state index in [0.29, 0.717) is 24.1 Å². The highest BCUT2D eigenvalue weighted by atomic mass is 19.1. The summed E-state index contributed by atoms with van der Waals surface area (Å²) in [6.07, 6.45) is 0.516. The lowest BCUT2D eigenvalue weighted by molar-refractivity contribution is 0.580. The van der Waals surface area contributed by atoms with E-state index in [1.807, 2.05) is 0 Å². The first kappa shape index (κ1) is 9.86. The molecule has 0 heterocycles. The smallest absolute Gasteiger partial charge is 0.133 e. The SMILES string of the molecule is C=C(CCN)c1ccc(F)cc1F. The van der Waals surface area contributed by atoms with Crippen molar-refractivity contribution in [2.75, 3.05) is 6.54 Å². The Balaban J connectivity index is 2.95. The number of hydrogen-bond acceptors (Lipinski definition) is 1. The van der Waals surface area contributed by atoms with Gasteiger partial charge in [0.05, 0.1) is 0 Å². The van der Waals surface area contributed by atoms with Crippen molar-refractivity contribution in [1.29, 1.82) is 0 Å². The van der Waals surface area contributed by atoms with Crippen molar-refractivity contribution < 1.29 is 8.78 Å². The van der Waals surface area contributed by atoms with Gasteiger partial charge in [-0.1, -0.05) is 6.58 Å². The van der Waals surface area contributed by atoms with Crippen LogP contribution in [0.4, 0.5) is 8.78 Å². The molecule has 1 aromatic rings. The molecule has 0 atom stereocenters. The summed E-state index contributed by atoms with van der Waals surface area (Å²) in [4.78, 5) is 0. The van der Waals surface area contributed by atoms with E-state index in [0.717, 1.165) is 6.07 Å². The standard InChI is InChI=1S/C10H11F2N/c1-7(4-5-13)9-3-2-8(11)6-10(9)12/h2-3,6H,1,4-5,13H2. The molecule has 0 aliphatic rings. The average molecular weight is 183 g/mol. The molecule has 0 saturated heterocycles. The summed E-state index contributed by atoms with van der Waals surface area (Å²) in [6.45, 7) is 4.08. The molecule has 0 amide bonds. The first-order chi connectivity index (χ1) is 6.15. The molecule has 13 heavy (non-hydrogen) atoms. The van der Waals surface area contributed by atoms with E-state index in [1.54, 1.807) is 0 Å². The number of nitrogens with two attached hydrogens (primary N) is 1. The molecule has 0 saturated carbocycles. The Morgan fingerprint density at radius 3 is 2.62 bits per heavy atom.